The van der Waals surface area contributed by atoms with Gasteiger partial charge in [0.25, 0.3) is 5.91 Å². The van der Waals surface area contributed by atoms with E-state index in [0.29, 0.717) is 24.9 Å². The molecule has 1 fully saturated rings. The van der Waals surface area contributed by atoms with E-state index in [1.165, 1.54) is 16.7 Å². The molecule has 160 valence electrons. The Bertz CT molecular complexity index is 1040. The van der Waals surface area contributed by atoms with Crippen molar-refractivity contribution in [1.29, 1.82) is 5.26 Å². The van der Waals surface area contributed by atoms with Crippen molar-refractivity contribution < 1.29 is 14.7 Å². The third kappa shape index (κ3) is 4.61. The van der Waals surface area contributed by atoms with Gasteiger partial charge in [0.2, 0.25) is 0 Å². The number of carbonyl (C=O) groups is 2. The van der Waals surface area contributed by atoms with Crippen molar-refractivity contribution in [1.82, 2.24) is 14.9 Å². The lowest BCUT2D eigenvalue weighted by molar-refractivity contribution is 0.101. The lowest BCUT2D eigenvalue weighted by Gasteiger charge is -2.31. The van der Waals surface area contributed by atoms with E-state index in [9.17, 15) is 14.7 Å². The molecule has 0 bridgehead atoms. The highest BCUT2D eigenvalue weighted by Crippen LogP contribution is 2.38. The van der Waals surface area contributed by atoms with E-state index in [0.717, 1.165) is 43.4 Å². The van der Waals surface area contributed by atoms with Crippen LogP contribution < -0.4 is 5.32 Å². The molecule has 1 saturated heterocycles. The van der Waals surface area contributed by atoms with E-state index >= 15 is 0 Å². The molecule has 1 aromatic carbocycles. The van der Waals surface area contributed by atoms with E-state index < -0.39 is 6.09 Å². The maximum atomic E-state index is 12.7. The summed E-state index contributed by atoms with van der Waals surface area (Å²) in [5.41, 5.74) is 3.29. The molecule has 4 rings (SSSR count). The number of piperidine rings is 1. The van der Waals surface area contributed by atoms with Crippen LogP contribution in [0.2, 0.25) is 0 Å². The molecule has 2 amide bonds. The normalized spacial score (nSPS) is 19.1. The molecule has 0 radical (unpaired) electrons. The van der Waals surface area contributed by atoms with Gasteiger partial charge in [0.15, 0.2) is 5.82 Å². The van der Waals surface area contributed by atoms with E-state index in [1.54, 1.807) is 0 Å². The summed E-state index contributed by atoms with van der Waals surface area (Å²) < 4.78 is 0. The summed E-state index contributed by atoms with van der Waals surface area (Å²) in [5.74, 6) is 0.347. The molecular weight excluding hydrogens is 394 g/mol. The van der Waals surface area contributed by atoms with Gasteiger partial charge in [-0.1, -0.05) is 24.3 Å². The Morgan fingerprint density at radius 2 is 2.00 bits per heavy atom. The van der Waals surface area contributed by atoms with Crippen molar-refractivity contribution >= 4 is 17.7 Å². The van der Waals surface area contributed by atoms with Crippen molar-refractivity contribution in [2.24, 2.45) is 0 Å². The minimum absolute atomic E-state index is 0.108. The third-order valence-corrected chi connectivity index (χ3v) is 6.18. The number of H-pyrrole nitrogens is 1. The van der Waals surface area contributed by atoms with Crippen molar-refractivity contribution in [3.8, 4) is 6.07 Å². The van der Waals surface area contributed by atoms with Gasteiger partial charge in [-0.25, -0.2) is 9.78 Å². The number of nitriles is 1. The highest BCUT2D eigenvalue weighted by atomic mass is 16.4. The van der Waals surface area contributed by atoms with Crippen LogP contribution >= 0.6 is 0 Å². The van der Waals surface area contributed by atoms with Gasteiger partial charge in [0, 0.05) is 18.8 Å². The molecule has 2 heterocycles. The minimum atomic E-state index is -0.858. The molecule has 3 N–H and O–H groups in total. The van der Waals surface area contributed by atoms with E-state index in [1.807, 2.05) is 18.2 Å². The lowest BCUT2D eigenvalue weighted by atomic mass is 9.82. The van der Waals surface area contributed by atoms with Gasteiger partial charge in [0.05, 0.1) is 6.20 Å². The zero-order valence-electron chi connectivity index (χ0n) is 17.2. The lowest BCUT2D eigenvalue weighted by Crippen LogP contribution is -2.36. The standard InChI is InChI=1S/C23H25N5O3/c24-13-18-14-25-21(26-18)22(29)27-20-7-6-17(12-19(20)16-4-2-1-3-5-16)15-8-10-28(11-9-15)23(30)31/h1-2,6-7,12,14-16H,3-5,8-11H2,(H,25,26)(H,27,29)(H,30,31). The van der Waals surface area contributed by atoms with Crippen LogP contribution in [0, 0.1) is 11.3 Å². The summed E-state index contributed by atoms with van der Waals surface area (Å²) in [4.78, 5) is 32.0. The van der Waals surface area contributed by atoms with Gasteiger partial charge in [0.1, 0.15) is 11.8 Å². The second-order valence-electron chi connectivity index (χ2n) is 8.08. The highest BCUT2D eigenvalue weighted by molar-refractivity contribution is 6.02. The second-order valence-corrected chi connectivity index (χ2v) is 8.08. The monoisotopic (exact) mass is 419 g/mol. The number of anilines is 1. The molecule has 8 heteroatoms. The summed E-state index contributed by atoms with van der Waals surface area (Å²) in [7, 11) is 0. The van der Waals surface area contributed by atoms with Crippen LogP contribution in [0.4, 0.5) is 10.5 Å². The molecule has 0 spiro atoms. The van der Waals surface area contributed by atoms with Crippen LogP contribution in [0.25, 0.3) is 0 Å². The fourth-order valence-electron chi connectivity index (χ4n) is 4.44. The topological polar surface area (TPSA) is 122 Å². The molecule has 8 nitrogen and oxygen atoms in total. The Hall–Kier alpha value is -3.60. The first-order chi connectivity index (χ1) is 15.0. The van der Waals surface area contributed by atoms with Crippen molar-refractivity contribution in [3.05, 3.63) is 59.2 Å². The van der Waals surface area contributed by atoms with Crippen LogP contribution in [-0.2, 0) is 0 Å². The van der Waals surface area contributed by atoms with Crippen molar-refractivity contribution in [3.63, 3.8) is 0 Å². The SMILES string of the molecule is N#Cc1cnc(C(=O)Nc2ccc(C3CCN(C(=O)O)CC3)cc2C2CC=CCC2)[nH]1. The fraction of sp³-hybridized carbons (Fsp3) is 0.391. The Morgan fingerprint density at radius 1 is 1.19 bits per heavy atom. The molecular formula is C23H25N5O3. The van der Waals surface area contributed by atoms with Gasteiger partial charge in [-0.05, 0) is 61.1 Å². The van der Waals surface area contributed by atoms with E-state index in [2.05, 4.69) is 33.5 Å². The van der Waals surface area contributed by atoms with Crippen LogP contribution in [0.1, 0.15) is 71.4 Å². The van der Waals surface area contributed by atoms with Crippen LogP contribution in [0.3, 0.4) is 0 Å². The molecule has 1 unspecified atom stereocenters. The maximum Gasteiger partial charge on any atom is 0.407 e. The fourth-order valence-corrected chi connectivity index (χ4v) is 4.44. The number of likely N-dealkylation sites (tertiary alicyclic amines) is 1. The smallest absolute Gasteiger partial charge is 0.407 e. The van der Waals surface area contributed by atoms with E-state index in [-0.39, 0.29) is 17.4 Å². The number of carbonyl (C=O) groups excluding carboxylic acids is 1. The van der Waals surface area contributed by atoms with Crippen LogP contribution in [0.15, 0.2) is 36.5 Å². The van der Waals surface area contributed by atoms with Crippen molar-refractivity contribution in [2.75, 3.05) is 18.4 Å². The van der Waals surface area contributed by atoms with Gasteiger partial charge in [-0.2, -0.15) is 5.26 Å². The third-order valence-electron chi connectivity index (χ3n) is 6.18. The van der Waals surface area contributed by atoms with Gasteiger partial charge in [-0.3, -0.25) is 4.79 Å². The van der Waals surface area contributed by atoms with Gasteiger partial charge >= 0.3 is 6.09 Å². The Labute approximate surface area is 180 Å². The van der Waals surface area contributed by atoms with Crippen molar-refractivity contribution in [2.45, 2.75) is 43.9 Å². The average Bonchev–Trinajstić information content (AvgIpc) is 3.29. The first-order valence-corrected chi connectivity index (χ1v) is 10.6. The molecule has 1 aliphatic heterocycles. The molecule has 1 aliphatic carbocycles. The number of carboxylic acid groups (broad SMARTS) is 1. The first kappa shape index (κ1) is 20.7. The number of nitrogens with one attached hydrogen (secondary N) is 2. The summed E-state index contributed by atoms with van der Waals surface area (Å²) in [6.07, 6.45) is 9.39. The predicted molar refractivity (Wildman–Crippen MR) is 115 cm³/mol. The first-order valence-electron chi connectivity index (χ1n) is 10.6. The number of hydrogen-bond donors (Lipinski definition) is 3. The predicted octanol–water partition coefficient (Wildman–Crippen LogP) is 4.21. The summed E-state index contributed by atoms with van der Waals surface area (Å²) in [5, 5.41) is 21.1. The summed E-state index contributed by atoms with van der Waals surface area (Å²) in [6.45, 7) is 1.08. The highest BCUT2D eigenvalue weighted by Gasteiger charge is 2.25. The Morgan fingerprint density at radius 3 is 2.65 bits per heavy atom. The Balaban J connectivity index is 1.57. The molecule has 2 aromatic rings. The van der Waals surface area contributed by atoms with Gasteiger partial charge in [-0.15, -0.1) is 0 Å². The average molecular weight is 419 g/mol. The number of benzene rings is 1. The number of nitrogens with zero attached hydrogens (tertiary/aromatic N) is 3. The molecule has 2 aliphatic rings. The minimum Gasteiger partial charge on any atom is -0.465 e. The zero-order chi connectivity index (χ0) is 21.8. The summed E-state index contributed by atoms with van der Waals surface area (Å²) >= 11 is 0. The number of aromatic amines is 1. The van der Waals surface area contributed by atoms with Gasteiger partial charge < -0.3 is 20.3 Å². The maximum absolute atomic E-state index is 12.7. The molecule has 1 aromatic heterocycles. The number of imidazole rings is 1. The van der Waals surface area contributed by atoms with Crippen LogP contribution in [-0.4, -0.2) is 45.1 Å². The quantitative estimate of drug-likeness (QED) is 0.641. The molecule has 31 heavy (non-hydrogen) atoms. The number of amides is 2. The largest absolute Gasteiger partial charge is 0.465 e. The zero-order valence-corrected chi connectivity index (χ0v) is 17.2. The second kappa shape index (κ2) is 9.04. The summed E-state index contributed by atoms with van der Waals surface area (Å²) in [6, 6.07) is 8.09. The van der Waals surface area contributed by atoms with E-state index in [4.69, 9.17) is 5.26 Å². The Kier molecular flexibility index (Phi) is 6.03. The number of allylic oxidation sites excluding steroid dienone is 2. The molecule has 0 saturated carbocycles. The number of hydrogen-bond acceptors (Lipinski definition) is 4. The number of rotatable bonds is 4. The number of aromatic nitrogens is 2. The van der Waals surface area contributed by atoms with Crippen LogP contribution in [0.5, 0.6) is 0 Å². The molecule has 1 atom stereocenters.